The van der Waals surface area contributed by atoms with Gasteiger partial charge in [-0.05, 0) is 36.6 Å². The van der Waals surface area contributed by atoms with Gasteiger partial charge < -0.3 is 19.7 Å². The highest BCUT2D eigenvalue weighted by Crippen LogP contribution is 2.27. The van der Waals surface area contributed by atoms with Crippen molar-refractivity contribution in [1.82, 2.24) is 10.3 Å². The number of rotatable bonds is 5. The van der Waals surface area contributed by atoms with Crippen LogP contribution in [0.2, 0.25) is 0 Å². The van der Waals surface area contributed by atoms with Gasteiger partial charge in [0, 0.05) is 43.9 Å². The molecule has 2 aromatic rings. The van der Waals surface area contributed by atoms with Gasteiger partial charge in [0.1, 0.15) is 6.10 Å². The Hall–Kier alpha value is -2.60. The number of nitrogens with one attached hydrogen (secondary N) is 1. The van der Waals surface area contributed by atoms with E-state index < -0.39 is 0 Å². The Bertz CT molecular complexity index is 818. The molecule has 0 amide bonds. The zero-order chi connectivity index (χ0) is 19.2. The van der Waals surface area contributed by atoms with Crippen molar-refractivity contribution in [2.75, 3.05) is 31.2 Å². The third-order valence-electron chi connectivity index (χ3n) is 5.14. The fourth-order valence-electron chi connectivity index (χ4n) is 3.70. The summed E-state index contributed by atoms with van der Waals surface area (Å²) in [7, 11) is 0. The van der Waals surface area contributed by atoms with Gasteiger partial charge in [-0.2, -0.15) is 0 Å². The van der Waals surface area contributed by atoms with E-state index in [0.29, 0.717) is 12.4 Å². The van der Waals surface area contributed by atoms with Gasteiger partial charge in [-0.25, -0.2) is 9.98 Å². The highest BCUT2D eigenvalue weighted by molar-refractivity contribution is 5.97. The minimum atomic E-state index is 0.193. The summed E-state index contributed by atoms with van der Waals surface area (Å²) in [6.45, 7) is 6.01. The van der Waals surface area contributed by atoms with Crippen LogP contribution < -0.4 is 15.0 Å². The SMILES string of the molecule is CCNC(=NCc1ccnc(OC2CCOCC2)c1)N1CCc2ccccc21. The standard InChI is InChI=1S/C22H28N4O2/c1-2-23-22(26-12-8-18-5-3-4-6-20(18)26)25-16-17-7-11-24-21(15-17)28-19-9-13-27-14-10-19/h3-7,11,15,19H,2,8-10,12-14,16H2,1H3,(H,23,25). The summed E-state index contributed by atoms with van der Waals surface area (Å²) < 4.78 is 11.4. The van der Waals surface area contributed by atoms with Crippen molar-refractivity contribution in [3.05, 3.63) is 53.7 Å². The number of para-hydroxylation sites is 1. The van der Waals surface area contributed by atoms with Gasteiger partial charge in [0.15, 0.2) is 5.96 Å². The molecule has 0 unspecified atom stereocenters. The van der Waals surface area contributed by atoms with Gasteiger partial charge in [-0.15, -0.1) is 0 Å². The van der Waals surface area contributed by atoms with E-state index in [2.05, 4.69) is 46.4 Å². The molecular weight excluding hydrogens is 352 g/mol. The fourth-order valence-corrected chi connectivity index (χ4v) is 3.70. The lowest BCUT2D eigenvalue weighted by atomic mass is 10.1. The molecule has 2 aliphatic rings. The average molecular weight is 380 g/mol. The Morgan fingerprint density at radius 3 is 3.00 bits per heavy atom. The normalized spacial score (nSPS) is 17.5. The summed E-state index contributed by atoms with van der Waals surface area (Å²) in [6.07, 6.45) is 4.89. The minimum Gasteiger partial charge on any atom is -0.474 e. The molecule has 1 aromatic heterocycles. The topological polar surface area (TPSA) is 59.0 Å². The first kappa shape index (κ1) is 18.7. The molecule has 2 aliphatic heterocycles. The molecule has 4 rings (SSSR count). The van der Waals surface area contributed by atoms with Crippen molar-refractivity contribution < 1.29 is 9.47 Å². The van der Waals surface area contributed by atoms with Crippen molar-refractivity contribution in [2.24, 2.45) is 4.99 Å². The number of anilines is 1. The van der Waals surface area contributed by atoms with E-state index >= 15 is 0 Å². The van der Waals surface area contributed by atoms with Crippen LogP contribution in [0.4, 0.5) is 5.69 Å². The van der Waals surface area contributed by atoms with Gasteiger partial charge in [-0.1, -0.05) is 18.2 Å². The lowest BCUT2D eigenvalue weighted by molar-refractivity contribution is 0.0237. The number of benzene rings is 1. The van der Waals surface area contributed by atoms with Crippen molar-refractivity contribution in [1.29, 1.82) is 0 Å². The quantitative estimate of drug-likeness (QED) is 0.638. The summed E-state index contributed by atoms with van der Waals surface area (Å²) >= 11 is 0. The number of nitrogens with zero attached hydrogens (tertiary/aromatic N) is 3. The zero-order valence-electron chi connectivity index (χ0n) is 16.4. The van der Waals surface area contributed by atoms with Gasteiger partial charge in [0.2, 0.25) is 5.88 Å². The smallest absolute Gasteiger partial charge is 0.213 e. The van der Waals surface area contributed by atoms with Crippen LogP contribution in [0.15, 0.2) is 47.6 Å². The fraction of sp³-hybridized carbons (Fsp3) is 0.455. The molecule has 0 spiro atoms. The molecule has 0 aliphatic carbocycles. The predicted octanol–water partition coefficient (Wildman–Crippen LogP) is 3.17. The van der Waals surface area contributed by atoms with E-state index in [-0.39, 0.29) is 6.10 Å². The van der Waals surface area contributed by atoms with E-state index in [1.54, 1.807) is 6.20 Å². The molecule has 0 bridgehead atoms. The van der Waals surface area contributed by atoms with Gasteiger partial charge in [0.05, 0.1) is 19.8 Å². The van der Waals surface area contributed by atoms with Gasteiger partial charge >= 0.3 is 0 Å². The summed E-state index contributed by atoms with van der Waals surface area (Å²) in [4.78, 5) is 11.5. The van der Waals surface area contributed by atoms with Crippen LogP contribution in [0, 0.1) is 0 Å². The van der Waals surface area contributed by atoms with Crippen molar-refractivity contribution >= 4 is 11.6 Å². The number of guanidine groups is 1. The maximum atomic E-state index is 6.03. The largest absolute Gasteiger partial charge is 0.474 e. The first-order valence-electron chi connectivity index (χ1n) is 10.2. The molecular formula is C22H28N4O2. The zero-order valence-corrected chi connectivity index (χ0v) is 16.4. The monoisotopic (exact) mass is 380 g/mol. The van der Waals surface area contributed by atoms with Crippen molar-refractivity contribution in [2.45, 2.75) is 38.8 Å². The van der Waals surface area contributed by atoms with E-state index in [9.17, 15) is 0 Å². The number of hydrogen-bond donors (Lipinski definition) is 1. The van der Waals surface area contributed by atoms with E-state index in [4.69, 9.17) is 14.5 Å². The predicted molar refractivity (Wildman–Crippen MR) is 111 cm³/mol. The molecule has 6 nitrogen and oxygen atoms in total. The molecule has 0 saturated carbocycles. The molecule has 148 valence electrons. The average Bonchev–Trinajstić information content (AvgIpc) is 3.16. The van der Waals surface area contributed by atoms with Crippen LogP contribution in [-0.4, -0.2) is 43.4 Å². The maximum Gasteiger partial charge on any atom is 0.213 e. The lowest BCUT2D eigenvalue weighted by Gasteiger charge is -2.23. The van der Waals surface area contributed by atoms with Crippen LogP contribution in [0.1, 0.15) is 30.9 Å². The molecule has 6 heteroatoms. The first-order chi connectivity index (χ1) is 13.8. The number of pyridine rings is 1. The summed E-state index contributed by atoms with van der Waals surface area (Å²) in [6, 6.07) is 12.6. The lowest BCUT2D eigenvalue weighted by Crippen LogP contribution is -2.40. The Kier molecular flexibility index (Phi) is 6.07. The van der Waals surface area contributed by atoms with E-state index in [0.717, 1.165) is 57.1 Å². The van der Waals surface area contributed by atoms with Crippen LogP contribution in [0.5, 0.6) is 5.88 Å². The molecule has 1 N–H and O–H groups in total. The Balaban J connectivity index is 1.46. The van der Waals surface area contributed by atoms with E-state index in [1.165, 1.54) is 11.3 Å². The maximum absolute atomic E-state index is 6.03. The molecule has 28 heavy (non-hydrogen) atoms. The van der Waals surface area contributed by atoms with Gasteiger partial charge in [-0.3, -0.25) is 0 Å². The molecule has 3 heterocycles. The molecule has 1 aromatic carbocycles. The van der Waals surface area contributed by atoms with Crippen LogP contribution in [0.3, 0.4) is 0 Å². The first-order valence-corrected chi connectivity index (χ1v) is 10.2. The number of aliphatic imine (C=N–C) groups is 1. The summed E-state index contributed by atoms with van der Waals surface area (Å²) in [5, 5.41) is 3.43. The second-order valence-corrected chi connectivity index (χ2v) is 7.13. The van der Waals surface area contributed by atoms with Crippen LogP contribution >= 0.6 is 0 Å². The van der Waals surface area contributed by atoms with Crippen molar-refractivity contribution in [3.8, 4) is 5.88 Å². The molecule has 0 radical (unpaired) electrons. The third-order valence-corrected chi connectivity index (χ3v) is 5.14. The van der Waals surface area contributed by atoms with Gasteiger partial charge in [0.25, 0.3) is 0 Å². The van der Waals surface area contributed by atoms with E-state index in [1.807, 2.05) is 12.1 Å². The highest BCUT2D eigenvalue weighted by atomic mass is 16.5. The Morgan fingerprint density at radius 1 is 1.29 bits per heavy atom. The number of fused-ring (bicyclic) bond motifs is 1. The number of aromatic nitrogens is 1. The summed E-state index contributed by atoms with van der Waals surface area (Å²) in [5.41, 5.74) is 3.73. The molecule has 1 saturated heterocycles. The second-order valence-electron chi connectivity index (χ2n) is 7.13. The van der Waals surface area contributed by atoms with Crippen LogP contribution in [-0.2, 0) is 17.7 Å². The third kappa shape index (κ3) is 4.44. The van der Waals surface area contributed by atoms with Crippen LogP contribution in [0.25, 0.3) is 0 Å². The minimum absolute atomic E-state index is 0.193. The van der Waals surface area contributed by atoms with Crippen molar-refractivity contribution in [3.63, 3.8) is 0 Å². The Labute approximate surface area is 166 Å². The molecule has 1 fully saturated rings. The number of hydrogen-bond acceptors (Lipinski definition) is 4. The summed E-state index contributed by atoms with van der Waals surface area (Å²) in [5.74, 6) is 1.60. The second kappa shape index (κ2) is 9.06. The number of ether oxygens (including phenoxy) is 2. The highest BCUT2D eigenvalue weighted by Gasteiger charge is 2.22. The Morgan fingerprint density at radius 2 is 2.14 bits per heavy atom. The molecule has 0 atom stereocenters.